The van der Waals surface area contributed by atoms with Gasteiger partial charge in [0.1, 0.15) is 11.4 Å². The molecule has 2 aromatic carbocycles. The van der Waals surface area contributed by atoms with Crippen molar-refractivity contribution in [2.75, 3.05) is 26.2 Å². The van der Waals surface area contributed by atoms with E-state index in [1.54, 1.807) is 4.57 Å². The van der Waals surface area contributed by atoms with Crippen LogP contribution in [0.2, 0.25) is 0 Å². The van der Waals surface area contributed by atoms with Gasteiger partial charge in [-0.1, -0.05) is 72.2 Å². The van der Waals surface area contributed by atoms with Crippen LogP contribution in [0.1, 0.15) is 84.0 Å². The molecule has 1 aliphatic carbocycles. The Morgan fingerprint density at radius 1 is 1.04 bits per heavy atom. The van der Waals surface area contributed by atoms with Crippen LogP contribution in [0, 0.1) is 5.41 Å². The second kappa shape index (κ2) is 15.2. The summed E-state index contributed by atoms with van der Waals surface area (Å²) < 4.78 is 7.54. The molecule has 1 saturated carbocycles. The highest BCUT2D eigenvalue weighted by atomic mass is 16.5. The average Bonchev–Trinajstić information content (AvgIpc) is 3.42. The number of H-pyrrole nitrogens is 1. The van der Waals surface area contributed by atoms with Crippen molar-refractivity contribution < 1.29 is 4.74 Å². The zero-order valence-corrected chi connectivity index (χ0v) is 29.0. The third kappa shape index (κ3) is 9.92. The van der Waals surface area contributed by atoms with Gasteiger partial charge in [0, 0.05) is 47.7 Å². The highest BCUT2D eigenvalue weighted by molar-refractivity contribution is 5.76. The molecule has 0 amide bonds. The summed E-state index contributed by atoms with van der Waals surface area (Å²) >= 11 is 0. The molecule has 0 unspecified atom stereocenters. The number of aromatic nitrogens is 3. The summed E-state index contributed by atoms with van der Waals surface area (Å²) in [4.78, 5) is 23.9. The van der Waals surface area contributed by atoms with Crippen molar-refractivity contribution in [1.29, 1.82) is 0 Å². The van der Waals surface area contributed by atoms with E-state index in [0.29, 0.717) is 12.2 Å². The zero-order chi connectivity index (χ0) is 34.2. The van der Waals surface area contributed by atoms with Gasteiger partial charge in [0.25, 0.3) is 0 Å². The minimum absolute atomic E-state index is 0.0352. The third-order valence-corrected chi connectivity index (χ3v) is 8.76. The normalized spacial score (nSPS) is 14.2. The standard InChI is InChI=1S/C21H29N7O.C16H25NO/c1-21(2,3)17-11-15-13-28(20(29)27-18(15)26-17)16-7-5-14(6-8-16)12-24-9-4-10-25-19(22)23;1-15(2,3)13-6-4-7-14(10-13)18-12-16(11-17)8-5-9-16/h5-8,11,13,24H,4,9-10,12H2,1-3H3,(H4,22,23,25)(H,26,27,29);4,6-7,10H,5,8-9,11-12,17H2,1-3H3. The number of aliphatic imine (C=N–C) groups is 1. The van der Waals surface area contributed by atoms with Crippen molar-refractivity contribution in [3.63, 3.8) is 0 Å². The Morgan fingerprint density at radius 2 is 1.77 bits per heavy atom. The smallest absolute Gasteiger partial charge is 0.354 e. The molecule has 4 aromatic rings. The molecule has 1 fully saturated rings. The molecule has 5 rings (SSSR count). The lowest BCUT2D eigenvalue weighted by Crippen LogP contribution is -2.42. The molecule has 0 bridgehead atoms. The molecule has 0 saturated heterocycles. The van der Waals surface area contributed by atoms with Gasteiger partial charge in [-0.15, -0.1) is 0 Å². The molecular formula is C37H54N8O2. The predicted molar refractivity (Wildman–Crippen MR) is 193 cm³/mol. The quantitative estimate of drug-likeness (QED) is 0.0847. The van der Waals surface area contributed by atoms with Gasteiger partial charge in [-0.2, -0.15) is 4.98 Å². The largest absolute Gasteiger partial charge is 0.493 e. The first-order valence-electron chi connectivity index (χ1n) is 16.6. The first-order valence-corrected chi connectivity index (χ1v) is 16.6. The summed E-state index contributed by atoms with van der Waals surface area (Å²) in [6, 6.07) is 18.4. The lowest BCUT2D eigenvalue weighted by Gasteiger charge is -2.40. The van der Waals surface area contributed by atoms with E-state index in [1.165, 1.54) is 24.8 Å². The second-order valence-corrected chi connectivity index (χ2v) is 14.8. The Balaban J connectivity index is 0.000000238. The Labute approximate surface area is 279 Å². The Morgan fingerprint density at radius 3 is 2.36 bits per heavy atom. The van der Waals surface area contributed by atoms with Crippen molar-refractivity contribution in [3.8, 4) is 11.4 Å². The van der Waals surface area contributed by atoms with E-state index < -0.39 is 0 Å². The molecular weight excluding hydrogens is 588 g/mol. The third-order valence-electron chi connectivity index (χ3n) is 8.76. The van der Waals surface area contributed by atoms with Gasteiger partial charge >= 0.3 is 5.69 Å². The molecule has 254 valence electrons. The van der Waals surface area contributed by atoms with Crippen LogP contribution >= 0.6 is 0 Å². The predicted octanol–water partition coefficient (Wildman–Crippen LogP) is 5.26. The van der Waals surface area contributed by atoms with Crippen molar-refractivity contribution in [2.45, 2.75) is 84.6 Å². The number of hydrogen-bond donors (Lipinski definition) is 5. The number of aromatic amines is 1. The van der Waals surface area contributed by atoms with Gasteiger partial charge in [-0.05, 0) is 72.7 Å². The highest BCUT2D eigenvalue weighted by Crippen LogP contribution is 2.40. The number of hydrogen-bond acceptors (Lipinski definition) is 6. The summed E-state index contributed by atoms with van der Waals surface area (Å²) in [5.74, 6) is 1.10. The maximum absolute atomic E-state index is 12.5. The van der Waals surface area contributed by atoms with E-state index in [4.69, 9.17) is 21.9 Å². The van der Waals surface area contributed by atoms with E-state index in [2.05, 4.69) is 86.1 Å². The van der Waals surface area contributed by atoms with E-state index in [9.17, 15) is 4.79 Å². The van der Waals surface area contributed by atoms with Gasteiger partial charge < -0.3 is 32.2 Å². The molecule has 0 aliphatic heterocycles. The van der Waals surface area contributed by atoms with E-state index in [-0.39, 0.29) is 27.9 Å². The van der Waals surface area contributed by atoms with E-state index in [0.717, 1.165) is 60.7 Å². The topological polar surface area (TPSA) is 162 Å². The van der Waals surface area contributed by atoms with Gasteiger partial charge in [0.2, 0.25) is 0 Å². The number of nitrogens with one attached hydrogen (secondary N) is 2. The summed E-state index contributed by atoms with van der Waals surface area (Å²) in [5.41, 5.74) is 21.4. The molecule has 2 aromatic heterocycles. The molecule has 10 heteroatoms. The number of rotatable bonds is 11. The summed E-state index contributed by atoms with van der Waals surface area (Å²) in [7, 11) is 0. The average molecular weight is 643 g/mol. The van der Waals surface area contributed by atoms with Gasteiger partial charge in [0.15, 0.2) is 5.96 Å². The van der Waals surface area contributed by atoms with Crippen LogP contribution in [0.15, 0.2) is 70.6 Å². The molecule has 0 radical (unpaired) electrons. The first-order chi connectivity index (χ1) is 22.2. The van der Waals surface area contributed by atoms with Crippen molar-refractivity contribution in [3.05, 3.63) is 88.1 Å². The van der Waals surface area contributed by atoms with Crippen LogP contribution in [-0.2, 0) is 17.4 Å². The van der Waals surface area contributed by atoms with E-state index >= 15 is 0 Å². The van der Waals surface area contributed by atoms with E-state index in [1.807, 2.05) is 36.5 Å². The number of benzene rings is 2. The highest BCUT2D eigenvalue weighted by Gasteiger charge is 2.36. The molecule has 2 heterocycles. The minimum atomic E-state index is -0.301. The number of fused-ring (bicyclic) bond motifs is 1. The molecule has 0 spiro atoms. The van der Waals surface area contributed by atoms with Crippen molar-refractivity contribution in [1.82, 2.24) is 19.9 Å². The molecule has 47 heavy (non-hydrogen) atoms. The lowest BCUT2D eigenvalue weighted by molar-refractivity contribution is 0.0667. The van der Waals surface area contributed by atoms with Crippen LogP contribution in [0.5, 0.6) is 5.75 Å². The fourth-order valence-electron chi connectivity index (χ4n) is 5.38. The number of ether oxygens (including phenoxy) is 1. The number of guanidine groups is 1. The van der Waals surface area contributed by atoms with Crippen molar-refractivity contribution in [2.24, 2.45) is 27.6 Å². The molecule has 1 aliphatic rings. The Bertz CT molecular complexity index is 1680. The minimum Gasteiger partial charge on any atom is -0.493 e. The molecule has 10 nitrogen and oxygen atoms in total. The summed E-state index contributed by atoms with van der Waals surface area (Å²) in [6.07, 6.45) is 6.42. The fraction of sp³-hybridized carbons (Fsp3) is 0.486. The van der Waals surface area contributed by atoms with Gasteiger partial charge in [-0.25, -0.2) is 4.79 Å². The summed E-state index contributed by atoms with van der Waals surface area (Å²) in [5, 5.41) is 4.27. The number of nitrogens with zero attached hydrogens (tertiary/aromatic N) is 3. The fourth-order valence-corrected chi connectivity index (χ4v) is 5.38. The van der Waals surface area contributed by atoms with Crippen LogP contribution < -0.4 is 32.9 Å². The first kappa shape index (κ1) is 35.7. The maximum Gasteiger partial charge on any atom is 0.354 e. The number of nitrogens with two attached hydrogens (primary N) is 3. The lowest BCUT2D eigenvalue weighted by atomic mass is 9.69. The zero-order valence-electron chi connectivity index (χ0n) is 29.0. The Hall–Kier alpha value is -4.15. The SMILES string of the molecule is CC(C)(C)c1cc2cn(-c3ccc(CNCCCN=C(N)N)cc3)c(=O)nc2[nH]1.CC(C)(C)c1cccc(OCC2(CN)CCC2)c1. The van der Waals surface area contributed by atoms with Crippen LogP contribution in [0.25, 0.3) is 16.7 Å². The summed E-state index contributed by atoms with van der Waals surface area (Å²) in [6.45, 7) is 16.7. The van der Waals surface area contributed by atoms with Crippen molar-refractivity contribution >= 4 is 17.0 Å². The molecule has 0 atom stereocenters. The molecule has 8 N–H and O–H groups in total. The Kier molecular flexibility index (Phi) is 11.5. The van der Waals surface area contributed by atoms with Crippen LogP contribution in [0.4, 0.5) is 0 Å². The van der Waals surface area contributed by atoms with Crippen LogP contribution in [0.3, 0.4) is 0 Å². The second-order valence-electron chi connectivity index (χ2n) is 14.8. The van der Waals surface area contributed by atoms with Gasteiger partial charge in [0.05, 0.1) is 12.3 Å². The maximum atomic E-state index is 12.5. The van der Waals surface area contributed by atoms with Crippen LogP contribution in [-0.4, -0.2) is 46.7 Å². The van der Waals surface area contributed by atoms with Gasteiger partial charge in [-0.3, -0.25) is 9.56 Å². The monoisotopic (exact) mass is 642 g/mol.